The van der Waals surface area contributed by atoms with Gasteiger partial charge in [-0.25, -0.2) is 0 Å². The highest BCUT2D eigenvalue weighted by atomic mass is 35.5. The van der Waals surface area contributed by atoms with Crippen molar-refractivity contribution >= 4 is 11.6 Å². The molecule has 1 fully saturated rings. The van der Waals surface area contributed by atoms with Crippen LogP contribution in [0.15, 0.2) is 28.8 Å². The summed E-state index contributed by atoms with van der Waals surface area (Å²) in [5, 5.41) is 14.1. The third-order valence-electron chi connectivity index (χ3n) is 4.11. The first kappa shape index (κ1) is 14.5. The Labute approximate surface area is 128 Å². The Hall–Kier alpha value is -1.43. The maximum atomic E-state index is 9.48. The van der Waals surface area contributed by atoms with Crippen molar-refractivity contribution in [1.82, 2.24) is 15.0 Å². The topological polar surface area (TPSA) is 62.4 Å². The summed E-state index contributed by atoms with van der Waals surface area (Å²) in [6.07, 6.45) is 1.08. The first-order valence-corrected chi connectivity index (χ1v) is 7.49. The van der Waals surface area contributed by atoms with Crippen LogP contribution in [0.1, 0.15) is 19.2 Å². The Kier molecular flexibility index (Phi) is 4.24. The zero-order valence-corrected chi connectivity index (χ0v) is 12.6. The summed E-state index contributed by atoms with van der Waals surface area (Å²) in [6, 6.07) is 7.59. The molecule has 1 aromatic carbocycles. The predicted molar refractivity (Wildman–Crippen MR) is 79.8 cm³/mol. The lowest BCUT2D eigenvalue weighted by Gasteiger charge is -2.23. The SMILES string of the molecule is CC1CCN(Cc2nc(-c3ccccc3Cl)no2)C1CO. The number of benzene rings is 1. The van der Waals surface area contributed by atoms with E-state index in [2.05, 4.69) is 22.0 Å². The van der Waals surface area contributed by atoms with Gasteiger partial charge in [0.1, 0.15) is 0 Å². The number of halogens is 1. The highest BCUT2D eigenvalue weighted by molar-refractivity contribution is 6.33. The number of likely N-dealkylation sites (tertiary alicyclic amines) is 1. The quantitative estimate of drug-likeness (QED) is 0.940. The van der Waals surface area contributed by atoms with Crippen LogP contribution < -0.4 is 0 Å². The van der Waals surface area contributed by atoms with Crippen molar-refractivity contribution in [2.24, 2.45) is 5.92 Å². The Balaban J connectivity index is 1.76. The molecule has 112 valence electrons. The average molecular weight is 308 g/mol. The summed E-state index contributed by atoms with van der Waals surface area (Å²) in [5.41, 5.74) is 0.766. The molecule has 2 heterocycles. The number of aliphatic hydroxyl groups excluding tert-OH is 1. The summed E-state index contributed by atoms with van der Waals surface area (Å²) in [5.74, 6) is 1.54. The Morgan fingerprint density at radius 3 is 3.00 bits per heavy atom. The van der Waals surface area contributed by atoms with E-state index < -0.39 is 0 Å². The molecule has 1 aliphatic rings. The van der Waals surface area contributed by atoms with Crippen LogP contribution in [0.4, 0.5) is 0 Å². The second kappa shape index (κ2) is 6.13. The van der Waals surface area contributed by atoms with Gasteiger partial charge in [0.15, 0.2) is 0 Å². The molecule has 0 radical (unpaired) electrons. The van der Waals surface area contributed by atoms with Gasteiger partial charge in [-0.05, 0) is 31.0 Å². The molecule has 2 atom stereocenters. The zero-order chi connectivity index (χ0) is 14.8. The van der Waals surface area contributed by atoms with E-state index >= 15 is 0 Å². The normalized spacial score (nSPS) is 22.8. The van der Waals surface area contributed by atoms with Gasteiger partial charge in [-0.1, -0.05) is 35.8 Å². The first-order valence-electron chi connectivity index (χ1n) is 7.11. The third kappa shape index (κ3) is 2.95. The molecule has 0 bridgehead atoms. The molecule has 0 saturated carbocycles. The number of hydrogen-bond donors (Lipinski definition) is 1. The summed E-state index contributed by atoms with van der Waals surface area (Å²) < 4.78 is 5.32. The minimum Gasteiger partial charge on any atom is -0.395 e. The number of aromatic nitrogens is 2. The molecular formula is C15H18ClN3O2. The van der Waals surface area contributed by atoms with Crippen LogP contribution in [-0.2, 0) is 6.54 Å². The molecule has 1 aliphatic heterocycles. The van der Waals surface area contributed by atoms with Gasteiger partial charge >= 0.3 is 0 Å². The molecule has 1 N–H and O–H groups in total. The van der Waals surface area contributed by atoms with Gasteiger partial charge in [-0.2, -0.15) is 4.98 Å². The average Bonchev–Trinajstić information content (AvgIpc) is 3.07. The fourth-order valence-corrected chi connectivity index (χ4v) is 3.04. The van der Waals surface area contributed by atoms with Crippen molar-refractivity contribution in [1.29, 1.82) is 0 Å². The van der Waals surface area contributed by atoms with E-state index in [1.165, 1.54) is 0 Å². The smallest absolute Gasteiger partial charge is 0.241 e. The lowest BCUT2D eigenvalue weighted by atomic mass is 10.0. The van der Waals surface area contributed by atoms with Gasteiger partial charge < -0.3 is 9.63 Å². The minimum absolute atomic E-state index is 0.159. The van der Waals surface area contributed by atoms with Gasteiger partial charge in [0.05, 0.1) is 18.2 Å². The lowest BCUT2D eigenvalue weighted by Crippen LogP contribution is -2.34. The van der Waals surface area contributed by atoms with Crippen LogP contribution >= 0.6 is 11.6 Å². The second-order valence-electron chi connectivity index (χ2n) is 5.48. The van der Waals surface area contributed by atoms with E-state index in [0.29, 0.717) is 29.2 Å². The van der Waals surface area contributed by atoms with Crippen molar-refractivity contribution in [2.45, 2.75) is 25.9 Å². The molecule has 3 rings (SSSR count). The van der Waals surface area contributed by atoms with E-state index in [0.717, 1.165) is 18.5 Å². The number of nitrogens with zero attached hydrogens (tertiary/aromatic N) is 3. The first-order chi connectivity index (χ1) is 10.2. The van der Waals surface area contributed by atoms with Crippen LogP contribution in [0.5, 0.6) is 0 Å². The number of aliphatic hydroxyl groups is 1. The molecule has 21 heavy (non-hydrogen) atoms. The maximum Gasteiger partial charge on any atom is 0.241 e. The van der Waals surface area contributed by atoms with Gasteiger partial charge in [-0.15, -0.1) is 0 Å². The second-order valence-corrected chi connectivity index (χ2v) is 5.89. The highest BCUT2D eigenvalue weighted by Crippen LogP contribution is 2.27. The molecule has 2 unspecified atom stereocenters. The predicted octanol–water partition coefficient (Wildman–Crippen LogP) is 2.59. The van der Waals surface area contributed by atoms with Gasteiger partial charge in [0, 0.05) is 11.6 Å². The minimum atomic E-state index is 0.159. The Bertz CT molecular complexity index is 616. The van der Waals surface area contributed by atoms with Gasteiger partial charge in [-0.3, -0.25) is 4.90 Å². The van der Waals surface area contributed by atoms with E-state index in [1.807, 2.05) is 18.2 Å². The molecule has 2 aromatic rings. The van der Waals surface area contributed by atoms with E-state index in [1.54, 1.807) is 6.07 Å². The van der Waals surface area contributed by atoms with Crippen LogP contribution in [0.2, 0.25) is 5.02 Å². The van der Waals surface area contributed by atoms with Crippen molar-refractivity contribution < 1.29 is 9.63 Å². The maximum absolute atomic E-state index is 9.48. The summed E-state index contributed by atoms with van der Waals surface area (Å²) in [4.78, 5) is 6.60. The number of hydrogen-bond acceptors (Lipinski definition) is 5. The van der Waals surface area contributed by atoms with Crippen molar-refractivity contribution in [3.8, 4) is 11.4 Å². The number of rotatable bonds is 4. The highest BCUT2D eigenvalue weighted by Gasteiger charge is 2.31. The molecule has 1 saturated heterocycles. The van der Waals surface area contributed by atoms with E-state index in [9.17, 15) is 5.11 Å². The van der Waals surface area contributed by atoms with Crippen LogP contribution in [-0.4, -0.2) is 39.3 Å². The van der Waals surface area contributed by atoms with Gasteiger partial charge in [0.2, 0.25) is 11.7 Å². The van der Waals surface area contributed by atoms with E-state index in [-0.39, 0.29) is 12.6 Å². The van der Waals surface area contributed by atoms with Crippen molar-refractivity contribution in [3.05, 3.63) is 35.2 Å². The molecular weight excluding hydrogens is 290 g/mol. The molecule has 0 spiro atoms. The monoisotopic (exact) mass is 307 g/mol. The standard InChI is InChI=1S/C15H18ClN3O2/c1-10-6-7-19(13(10)9-20)8-14-17-15(18-21-14)11-4-2-3-5-12(11)16/h2-5,10,13,20H,6-9H2,1H3. The van der Waals surface area contributed by atoms with Crippen molar-refractivity contribution in [3.63, 3.8) is 0 Å². The van der Waals surface area contributed by atoms with Crippen LogP contribution in [0, 0.1) is 5.92 Å². The third-order valence-corrected chi connectivity index (χ3v) is 4.44. The Morgan fingerprint density at radius 2 is 2.24 bits per heavy atom. The summed E-state index contributed by atoms with van der Waals surface area (Å²) in [7, 11) is 0. The van der Waals surface area contributed by atoms with Crippen molar-refractivity contribution in [2.75, 3.05) is 13.2 Å². The van der Waals surface area contributed by atoms with Gasteiger partial charge in [0.25, 0.3) is 0 Å². The fraction of sp³-hybridized carbons (Fsp3) is 0.467. The molecule has 1 aromatic heterocycles. The van der Waals surface area contributed by atoms with E-state index in [4.69, 9.17) is 16.1 Å². The summed E-state index contributed by atoms with van der Waals surface area (Å²) in [6.45, 7) is 3.82. The lowest BCUT2D eigenvalue weighted by molar-refractivity contribution is 0.123. The fourth-order valence-electron chi connectivity index (χ4n) is 2.82. The molecule has 6 heteroatoms. The molecule has 0 aliphatic carbocycles. The summed E-state index contributed by atoms with van der Waals surface area (Å²) >= 11 is 6.14. The van der Waals surface area contributed by atoms with Crippen LogP contribution in [0.3, 0.4) is 0 Å². The molecule has 5 nitrogen and oxygen atoms in total. The largest absolute Gasteiger partial charge is 0.395 e. The Morgan fingerprint density at radius 1 is 1.43 bits per heavy atom. The zero-order valence-electron chi connectivity index (χ0n) is 11.9. The van der Waals surface area contributed by atoms with Crippen LogP contribution in [0.25, 0.3) is 11.4 Å². The molecule has 0 amide bonds.